The number of aromatic nitrogens is 4. The van der Waals surface area contributed by atoms with E-state index in [1.807, 2.05) is 43.0 Å². The average molecular weight is 380 g/mol. The summed E-state index contributed by atoms with van der Waals surface area (Å²) in [5, 5.41) is 14.5. The van der Waals surface area contributed by atoms with Crippen LogP contribution in [0.2, 0.25) is 0 Å². The molecule has 0 unspecified atom stereocenters. The van der Waals surface area contributed by atoms with Gasteiger partial charge in [0.05, 0.1) is 29.9 Å². The van der Waals surface area contributed by atoms with Crippen LogP contribution in [-0.2, 0) is 0 Å². The van der Waals surface area contributed by atoms with Crippen molar-refractivity contribution in [3.05, 3.63) is 47.4 Å². The zero-order valence-corrected chi connectivity index (χ0v) is 16.3. The van der Waals surface area contributed by atoms with E-state index >= 15 is 0 Å². The van der Waals surface area contributed by atoms with Crippen LogP contribution >= 0.6 is 0 Å². The molecule has 1 aliphatic rings. The van der Waals surface area contributed by atoms with Crippen molar-refractivity contribution in [2.75, 3.05) is 38.2 Å². The Kier molecular flexibility index (Phi) is 4.77. The highest BCUT2D eigenvalue weighted by atomic mass is 16.5. The maximum Gasteiger partial charge on any atom is 0.272 e. The summed E-state index contributed by atoms with van der Waals surface area (Å²) in [6.45, 7) is 6.92. The number of hydrogen-bond acceptors (Lipinski definition) is 5. The van der Waals surface area contributed by atoms with Gasteiger partial charge in [-0.3, -0.25) is 15.0 Å². The van der Waals surface area contributed by atoms with Gasteiger partial charge in [-0.2, -0.15) is 10.2 Å². The minimum absolute atomic E-state index is 0.0260. The third-order valence-electron chi connectivity index (χ3n) is 5.15. The van der Waals surface area contributed by atoms with Gasteiger partial charge in [-0.25, -0.2) is 0 Å². The summed E-state index contributed by atoms with van der Waals surface area (Å²) < 4.78 is 5.26. The van der Waals surface area contributed by atoms with Crippen LogP contribution in [-0.4, -0.2) is 64.5 Å². The molecule has 0 atom stereocenters. The molecule has 1 fully saturated rings. The molecule has 3 aromatic rings. The lowest BCUT2D eigenvalue weighted by Gasteiger charge is -2.35. The Balaban J connectivity index is 1.44. The van der Waals surface area contributed by atoms with Crippen LogP contribution in [0.4, 0.5) is 5.69 Å². The predicted octanol–water partition coefficient (Wildman–Crippen LogP) is 2.39. The molecule has 1 amide bonds. The molecule has 3 heterocycles. The van der Waals surface area contributed by atoms with Crippen LogP contribution in [0.3, 0.4) is 0 Å². The van der Waals surface area contributed by atoms with Gasteiger partial charge in [0.1, 0.15) is 11.4 Å². The molecule has 0 aliphatic carbocycles. The van der Waals surface area contributed by atoms with E-state index in [4.69, 9.17) is 4.74 Å². The van der Waals surface area contributed by atoms with Crippen molar-refractivity contribution in [1.82, 2.24) is 25.3 Å². The number of piperazine rings is 1. The number of H-pyrrole nitrogens is 2. The molecule has 0 radical (unpaired) electrons. The number of carbonyl (C=O) groups excluding carboxylic acids is 1. The zero-order valence-electron chi connectivity index (χ0n) is 16.3. The molecule has 4 rings (SSSR count). The summed E-state index contributed by atoms with van der Waals surface area (Å²) >= 11 is 0. The van der Waals surface area contributed by atoms with E-state index in [-0.39, 0.29) is 5.91 Å². The Labute approximate surface area is 163 Å². The molecule has 146 valence electrons. The first-order valence-corrected chi connectivity index (χ1v) is 9.32. The summed E-state index contributed by atoms with van der Waals surface area (Å²) in [7, 11) is 1.63. The van der Waals surface area contributed by atoms with Crippen molar-refractivity contribution in [2.45, 2.75) is 13.8 Å². The predicted molar refractivity (Wildman–Crippen MR) is 107 cm³/mol. The lowest BCUT2D eigenvalue weighted by molar-refractivity contribution is 0.0741. The second-order valence-corrected chi connectivity index (χ2v) is 6.96. The largest absolute Gasteiger partial charge is 0.497 e. The molecule has 28 heavy (non-hydrogen) atoms. The maximum absolute atomic E-state index is 12.9. The van der Waals surface area contributed by atoms with E-state index in [1.54, 1.807) is 13.2 Å². The van der Waals surface area contributed by atoms with Gasteiger partial charge in [-0.05, 0) is 32.0 Å². The number of hydrogen-bond donors (Lipinski definition) is 2. The number of carbonyl (C=O) groups is 1. The number of rotatable bonds is 4. The number of ether oxygens (including phenoxy) is 1. The molecule has 0 saturated carbocycles. The van der Waals surface area contributed by atoms with E-state index in [0.717, 1.165) is 47.2 Å². The van der Waals surface area contributed by atoms with Gasteiger partial charge >= 0.3 is 0 Å². The SMILES string of the molecule is COc1cccc(-c2cc(C(=O)N3CCN(c4c(C)n[nH]c4C)CC3)[nH]n2)c1. The standard InChI is InChI=1S/C20H24N6O2/c1-13-19(14(2)22-21-13)25-7-9-26(10-8-25)20(27)18-12-17(23-24-18)15-5-4-6-16(11-15)28-3/h4-6,11-12H,7-10H2,1-3H3,(H,21,22)(H,23,24). The van der Waals surface area contributed by atoms with Gasteiger partial charge in [0.15, 0.2) is 0 Å². The van der Waals surface area contributed by atoms with Gasteiger partial charge in [0.2, 0.25) is 0 Å². The van der Waals surface area contributed by atoms with Crippen molar-refractivity contribution in [3.8, 4) is 17.0 Å². The van der Waals surface area contributed by atoms with Crippen LogP contribution in [0, 0.1) is 13.8 Å². The van der Waals surface area contributed by atoms with Gasteiger partial charge in [-0.1, -0.05) is 12.1 Å². The summed E-state index contributed by atoms with van der Waals surface area (Å²) in [6.07, 6.45) is 0. The first kappa shape index (κ1) is 18.1. The molecular weight excluding hydrogens is 356 g/mol. The Morgan fingerprint density at radius 1 is 1.07 bits per heavy atom. The molecule has 0 bridgehead atoms. The number of nitrogens with one attached hydrogen (secondary N) is 2. The number of nitrogens with zero attached hydrogens (tertiary/aromatic N) is 4. The normalized spacial score (nSPS) is 14.4. The lowest BCUT2D eigenvalue weighted by Crippen LogP contribution is -2.49. The monoisotopic (exact) mass is 380 g/mol. The lowest BCUT2D eigenvalue weighted by atomic mass is 10.1. The van der Waals surface area contributed by atoms with E-state index in [9.17, 15) is 4.79 Å². The molecule has 1 aromatic carbocycles. The first-order chi connectivity index (χ1) is 13.6. The summed E-state index contributed by atoms with van der Waals surface area (Å²) in [6, 6.07) is 9.43. The van der Waals surface area contributed by atoms with E-state index in [1.165, 1.54) is 0 Å². The second-order valence-electron chi connectivity index (χ2n) is 6.96. The molecule has 1 saturated heterocycles. The zero-order chi connectivity index (χ0) is 19.7. The fourth-order valence-corrected chi connectivity index (χ4v) is 3.68. The number of amides is 1. The minimum atomic E-state index is -0.0260. The second kappa shape index (κ2) is 7.38. The maximum atomic E-state index is 12.9. The van der Waals surface area contributed by atoms with Crippen LogP contribution in [0.15, 0.2) is 30.3 Å². The Bertz CT molecular complexity index is 965. The number of anilines is 1. The van der Waals surface area contributed by atoms with Crippen molar-refractivity contribution >= 4 is 11.6 Å². The molecular formula is C20H24N6O2. The number of aromatic amines is 2. The number of benzene rings is 1. The van der Waals surface area contributed by atoms with Crippen molar-refractivity contribution < 1.29 is 9.53 Å². The van der Waals surface area contributed by atoms with Crippen LogP contribution in [0.1, 0.15) is 21.9 Å². The van der Waals surface area contributed by atoms with Crippen molar-refractivity contribution in [3.63, 3.8) is 0 Å². The molecule has 8 nitrogen and oxygen atoms in total. The number of aryl methyl sites for hydroxylation is 2. The van der Waals surface area contributed by atoms with Gasteiger partial charge in [0, 0.05) is 31.7 Å². The van der Waals surface area contributed by atoms with Crippen LogP contribution in [0.25, 0.3) is 11.3 Å². The fourth-order valence-electron chi connectivity index (χ4n) is 3.68. The molecule has 1 aliphatic heterocycles. The first-order valence-electron chi connectivity index (χ1n) is 9.32. The third kappa shape index (κ3) is 3.33. The van der Waals surface area contributed by atoms with E-state index in [2.05, 4.69) is 25.3 Å². The van der Waals surface area contributed by atoms with E-state index in [0.29, 0.717) is 18.8 Å². The summed E-state index contributed by atoms with van der Waals surface area (Å²) in [5.41, 5.74) is 5.34. The Hall–Kier alpha value is -3.29. The van der Waals surface area contributed by atoms with Crippen molar-refractivity contribution in [1.29, 1.82) is 0 Å². The third-order valence-corrected chi connectivity index (χ3v) is 5.15. The topological polar surface area (TPSA) is 90.1 Å². The molecule has 2 aromatic heterocycles. The molecule has 8 heteroatoms. The average Bonchev–Trinajstić information content (AvgIpc) is 3.35. The van der Waals surface area contributed by atoms with Crippen molar-refractivity contribution in [2.24, 2.45) is 0 Å². The van der Waals surface area contributed by atoms with E-state index < -0.39 is 0 Å². The fraction of sp³-hybridized carbons (Fsp3) is 0.350. The number of methoxy groups -OCH3 is 1. The Morgan fingerprint density at radius 3 is 2.54 bits per heavy atom. The van der Waals surface area contributed by atoms with Gasteiger partial charge < -0.3 is 14.5 Å². The van der Waals surface area contributed by atoms with Crippen LogP contribution < -0.4 is 9.64 Å². The molecule has 0 spiro atoms. The smallest absolute Gasteiger partial charge is 0.272 e. The minimum Gasteiger partial charge on any atom is -0.497 e. The highest BCUT2D eigenvalue weighted by Crippen LogP contribution is 2.25. The van der Waals surface area contributed by atoms with Gasteiger partial charge in [-0.15, -0.1) is 0 Å². The summed E-state index contributed by atoms with van der Waals surface area (Å²) in [4.78, 5) is 17.0. The molecule has 2 N–H and O–H groups in total. The quantitative estimate of drug-likeness (QED) is 0.725. The Morgan fingerprint density at radius 2 is 1.86 bits per heavy atom. The highest BCUT2D eigenvalue weighted by Gasteiger charge is 2.25. The summed E-state index contributed by atoms with van der Waals surface area (Å²) in [5.74, 6) is 0.733. The van der Waals surface area contributed by atoms with Crippen LogP contribution in [0.5, 0.6) is 5.75 Å². The highest BCUT2D eigenvalue weighted by molar-refractivity contribution is 5.93. The van der Waals surface area contributed by atoms with Gasteiger partial charge in [0.25, 0.3) is 5.91 Å².